The summed E-state index contributed by atoms with van der Waals surface area (Å²) in [5, 5.41) is 3.45. The molecule has 1 atom stereocenters. The molecule has 0 amide bonds. The highest BCUT2D eigenvalue weighted by atomic mass is 16.6. The molecule has 0 saturated heterocycles. The number of nitrogens with one attached hydrogen (secondary N) is 1. The van der Waals surface area contributed by atoms with Gasteiger partial charge in [0.05, 0.1) is 0 Å². The van der Waals surface area contributed by atoms with E-state index in [2.05, 4.69) is 5.32 Å². The number of ether oxygens (including phenoxy) is 2. The zero-order valence-electron chi connectivity index (χ0n) is 8.61. The highest BCUT2D eigenvalue weighted by molar-refractivity contribution is 5.40. The van der Waals surface area contributed by atoms with Gasteiger partial charge in [-0.25, -0.2) is 0 Å². The first-order valence-electron chi connectivity index (χ1n) is 5.54. The first kappa shape index (κ1) is 9.04. The first-order chi connectivity index (χ1) is 7.42. The van der Waals surface area contributed by atoms with Gasteiger partial charge in [-0.2, -0.15) is 0 Å². The lowest BCUT2D eigenvalue weighted by Gasteiger charge is -2.26. The Labute approximate surface area is 89.4 Å². The number of hydrogen-bond acceptors (Lipinski definition) is 3. The van der Waals surface area contributed by atoms with E-state index in [1.807, 2.05) is 24.3 Å². The lowest BCUT2D eigenvalue weighted by atomic mass is 10.2. The Morgan fingerprint density at radius 3 is 2.80 bits per heavy atom. The van der Waals surface area contributed by atoms with Crippen LogP contribution in [0.2, 0.25) is 0 Å². The molecule has 1 heterocycles. The predicted octanol–water partition coefficient (Wildman–Crippen LogP) is 1.58. The molecule has 1 aromatic rings. The molecule has 1 N–H and O–H groups in total. The third-order valence-corrected chi connectivity index (χ3v) is 2.78. The van der Waals surface area contributed by atoms with Crippen molar-refractivity contribution in [2.75, 3.05) is 13.2 Å². The fourth-order valence-corrected chi connectivity index (χ4v) is 1.75. The molecule has 3 nitrogen and oxygen atoms in total. The van der Waals surface area contributed by atoms with Gasteiger partial charge in [0.25, 0.3) is 0 Å². The molecule has 1 aromatic carbocycles. The SMILES string of the molecule is c1ccc2c(c1)OC[C@H](CNC1CC1)O2. The standard InChI is InChI=1S/C12H15NO2/c1-2-4-12-11(3-1)14-8-10(15-12)7-13-9-5-6-9/h1-4,9-10,13H,5-8H2/t10-/m0/s1. The van der Waals surface area contributed by atoms with Crippen LogP contribution in [-0.4, -0.2) is 25.3 Å². The number of rotatable bonds is 3. The van der Waals surface area contributed by atoms with Crippen molar-refractivity contribution in [3.63, 3.8) is 0 Å². The number of benzene rings is 1. The molecule has 80 valence electrons. The van der Waals surface area contributed by atoms with Crippen molar-refractivity contribution < 1.29 is 9.47 Å². The van der Waals surface area contributed by atoms with Crippen LogP contribution in [0.5, 0.6) is 11.5 Å². The van der Waals surface area contributed by atoms with Crippen LogP contribution in [0.1, 0.15) is 12.8 Å². The highest BCUT2D eigenvalue weighted by Gasteiger charge is 2.25. The van der Waals surface area contributed by atoms with Crippen LogP contribution in [0.3, 0.4) is 0 Å². The van der Waals surface area contributed by atoms with Crippen molar-refractivity contribution in [2.45, 2.75) is 25.0 Å². The largest absolute Gasteiger partial charge is 0.486 e. The van der Waals surface area contributed by atoms with Crippen LogP contribution in [0, 0.1) is 0 Å². The first-order valence-corrected chi connectivity index (χ1v) is 5.54. The van der Waals surface area contributed by atoms with E-state index >= 15 is 0 Å². The quantitative estimate of drug-likeness (QED) is 0.812. The van der Waals surface area contributed by atoms with Gasteiger partial charge in [-0.3, -0.25) is 0 Å². The summed E-state index contributed by atoms with van der Waals surface area (Å²) < 4.78 is 11.4. The minimum atomic E-state index is 0.153. The van der Waals surface area contributed by atoms with E-state index in [9.17, 15) is 0 Å². The average molecular weight is 205 g/mol. The molecular formula is C12H15NO2. The van der Waals surface area contributed by atoms with Gasteiger partial charge in [0, 0.05) is 12.6 Å². The third kappa shape index (κ3) is 2.07. The molecule has 1 fully saturated rings. The van der Waals surface area contributed by atoms with Gasteiger partial charge in [-0.05, 0) is 25.0 Å². The molecule has 0 spiro atoms. The van der Waals surface area contributed by atoms with Crippen LogP contribution >= 0.6 is 0 Å². The molecule has 3 heteroatoms. The van der Waals surface area contributed by atoms with E-state index in [0.717, 1.165) is 24.1 Å². The van der Waals surface area contributed by atoms with E-state index in [-0.39, 0.29) is 6.10 Å². The Kier molecular flexibility index (Phi) is 2.25. The Morgan fingerprint density at radius 1 is 1.20 bits per heavy atom. The summed E-state index contributed by atoms with van der Waals surface area (Å²) in [4.78, 5) is 0. The molecule has 1 saturated carbocycles. The lowest BCUT2D eigenvalue weighted by Crippen LogP contribution is -2.39. The van der Waals surface area contributed by atoms with Crippen LogP contribution < -0.4 is 14.8 Å². The van der Waals surface area contributed by atoms with Gasteiger partial charge in [0.15, 0.2) is 11.5 Å². The smallest absolute Gasteiger partial charge is 0.161 e. The summed E-state index contributed by atoms with van der Waals surface area (Å²) in [6.45, 7) is 1.54. The topological polar surface area (TPSA) is 30.5 Å². The van der Waals surface area contributed by atoms with Crippen molar-refractivity contribution in [2.24, 2.45) is 0 Å². The second kappa shape index (κ2) is 3.74. The second-order valence-electron chi connectivity index (χ2n) is 4.18. The lowest BCUT2D eigenvalue weighted by molar-refractivity contribution is 0.0902. The molecule has 3 rings (SSSR count). The van der Waals surface area contributed by atoms with E-state index in [0.29, 0.717) is 6.61 Å². The van der Waals surface area contributed by atoms with Gasteiger partial charge in [0.1, 0.15) is 12.7 Å². The van der Waals surface area contributed by atoms with E-state index < -0.39 is 0 Å². The maximum Gasteiger partial charge on any atom is 0.161 e. The minimum Gasteiger partial charge on any atom is -0.486 e. The van der Waals surface area contributed by atoms with Gasteiger partial charge >= 0.3 is 0 Å². The van der Waals surface area contributed by atoms with Gasteiger partial charge < -0.3 is 14.8 Å². The number of fused-ring (bicyclic) bond motifs is 1. The van der Waals surface area contributed by atoms with Crippen molar-refractivity contribution in [3.8, 4) is 11.5 Å². The maximum absolute atomic E-state index is 5.82. The monoisotopic (exact) mass is 205 g/mol. The van der Waals surface area contributed by atoms with Crippen molar-refractivity contribution in [1.29, 1.82) is 0 Å². The van der Waals surface area contributed by atoms with Crippen molar-refractivity contribution >= 4 is 0 Å². The molecule has 2 aliphatic rings. The van der Waals surface area contributed by atoms with Crippen LogP contribution in [0.25, 0.3) is 0 Å². The summed E-state index contributed by atoms with van der Waals surface area (Å²) in [6.07, 6.45) is 2.77. The van der Waals surface area contributed by atoms with Crippen LogP contribution in [0.4, 0.5) is 0 Å². The molecule has 1 aliphatic carbocycles. The normalized spacial score (nSPS) is 23.9. The van der Waals surface area contributed by atoms with Crippen LogP contribution in [0.15, 0.2) is 24.3 Å². The third-order valence-electron chi connectivity index (χ3n) is 2.78. The summed E-state index contributed by atoms with van der Waals surface area (Å²) in [5.74, 6) is 1.73. The molecular weight excluding hydrogens is 190 g/mol. The maximum atomic E-state index is 5.82. The zero-order valence-corrected chi connectivity index (χ0v) is 8.61. The van der Waals surface area contributed by atoms with Crippen LogP contribution in [-0.2, 0) is 0 Å². The van der Waals surface area contributed by atoms with Gasteiger partial charge in [-0.15, -0.1) is 0 Å². The molecule has 0 unspecified atom stereocenters. The van der Waals surface area contributed by atoms with Gasteiger partial charge in [-0.1, -0.05) is 12.1 Å². The van der Waals surface area contributed by atoms with E-state index in [1.54, 1.807) is 0 Å². The molecule has 1 aliphatic heterocycles. The van der Waals surface area contributed by atoms with Gasteiger partial charge in [0.2, 0.25) is 0 Å². The molecule has 15 heavy (non-hydrogen) atoms. The fourth-order valence-electron chi connectivity index (χ4n) is 1.75. The predicted molar refractivity (Wildman–Crippen MR) is 57.4 cm³/mol. The number of para-hydroxylation sites is 2. The summed E-state index contributed by atoms with van der Waals surface area (Å²) in [6, 6.07) is 8.56. The van der Waals surface area contributed by atoms with E-state index in [4.69, 9.17) is 9.47 Å². The summed E-state index contributed by atoms with van der Waals surface area (Å²) in [5.41, 5.74) is 0. The van der Waals surface area contributed by atoms with E-state index in [1.165, 1.54) is 12.8 Å². The Morgan fingerprint density at radius 2 is 2.00 bits per heavy atom. The molecule has 0 bridgehead atoms. The fraction of sp³-hybridized carbons (Fsp3) is 0.500. The molecule has 0 aromatic heterocycles. The number of hydrogen-bond donors (Lipinski definition) is 1. The Bertz CT molecular complexity index is 349. The van der Waals surface area contributed by atoms with Crippen molar-refractivity contribution in [3.05, 3.63) is 24.3 Å². The Hall–Kier alpha value is -1.22. The molecule has 0 radical (unpaired) electrons. The Balaban J connectivity index is 1.61. The zero-order chi connectivity index (χ0) is 10.1. The minimum absolute atomic E-state index is 0.153. The highest BCUT2D eigenvalue weighted by Crippen LogP contribution is 2.30. The summed E-state index contributed by atoms with van der Waals surface area (Å²) in [7, 11) is 0. The average Bonchev–Trinajstić information content (AvgIpc) is 3.10. The second-order valence-corrected chi connectivity index (χ2v) is 4.18. The summed E-state index contributed by atoms with van der Waals surface area (Å²) >= 11 is 0. The van der Waals surface area contributed by atoms with Crippen molar-refractivity contribution in [1.82, 2.24) is 5.32 Å².